The zero-order valence-electron chi connectivity index (χ0n) is 11.3. The maximum absolute atomic E-state index is 12.5. The Kier molecular flexibility index (Phi) is 5.25. The molecule has 7 heteroatoms. The highest BCUT2D eigenvalue weighted by molar-refractivity contribution is 14.1. The fourth-order valence-corrected chi connectivity index (χ4v) is 3.75. The maximum Gasteiger partial charge on any atom is 0.255 e. The molecular formula is C13H16INO4S. The Labute approximate surface area is 134 Å². The number of amides is 1. The Morgan fingerprint density at radius 1 is 1.20 bits per heavy atom. The van der Waals surface area contributed by atoms with Crippen LogP contribution in [0.5, 0.6) is 11.5 Å². The van der Waals surface area contributed by atoms with E-state index in [2.05, 4.69) is 22.6 Å². The Balaban J connectivity index is 2.27. The molecule has 0 spiro atoms. The molecule has 1 saturated heterocycles. The minimum atomic E-state index is -0.791. The van der Waals surface area contributed by atoms with E-state index in [1.165, 1.54) is 0 Å². The summed E-state index contributed by atoms with van der Waals surface area (Å²) in [5.41, 5.74) is 0.593. The molecular weight excluding hydrogens is 393 g/mol. The molecule has 1 aliphatic heterocycles. The van der Waals surface area contributed by atoms with Crippen molar-refractivity contribution in [1.82, 2.24) is 4.90 Å². The van der Waals surface area contributed by atoms with Crippen molar-refractivity contribution in [2.24, 2.45) is 0 Å². The van der Waals surface area contributed by atoms with Gasteiger partial charge in [-0.3, -0.25) is 9.00 Å². The van der Waals surface area contributed by atoms with Crippen LogP contribution in [0.25, 0.3) is 0 Å². The number of ether oxygens (including phenoxy) is 2. The molecule has 0 radical (unpaired) electrons. The summed E-state index contributed by atoms with van der Waals surface area (Å²) in [5.74, 6) is 2.20. The molecule has 1 aromatic carbocycles. The highest BCUT2D eigenvalue weighted by Gasteiger charge is 2.24. The summed E-state index contributed by atoms with van der Waals surface area (Å²) in [5, 5.41) is 0. The highest BCUT2D eigenvalue weighted by atomic mass is 127. The van der Waals surface area contributed by atoms with E-state index in [0.717, 1.165) is 3.57 Å². The van der Waals surface area contributed by atoms with Crippen LogP contribution in [0, 0.1) is 3.57 Å². The van der Waals surface area contributed by atoms with Gasteiger partial charge in [0.05, 0.1) is 19.8 Å². The number of carbonyl (C=O) groups excluding carboxylic acids is 1. The van der Waals surface area contributed by atoms with Gasteiger partial charge in [0, 0.05) is 39.0 Å². The summed E-state index contributed by atoms with van der Waals surface area (Å²) < 4.78 is 22.6. The molecule has 2 rings (SSSR count). The van der Waals surface area contributed by atoms with Gasteiger partial charge in [-0.2, -0.15) is 0 Å². The predicted octanol–water partition coefficient (Wildman–Crippen LogP) is 1.51. The first kappa shape index (κ1) is 15.6. The van der Waals surface area contributed by atoms with Crippen molar-refractivity contribution in [3.05, 3.63) is 21.3 Å². The molecule has 0 atom stereocenters. The monoisotopic (exact) mass is 409 g/mol. The topological polar surface area (TPSA) is 55.8 Å². The van der Waals surface area contributed by atoms with Gasteiger partial charge in [-0.25, -0.2) is 0 Å². The molecule has 0 aromatic heterocycles. The molecule has 0 aliphatic carbocycles. The summed E-state index contributed by atoms with van der Waals surface area (Å²) in [6.45, 7) is 1.08. The number of rotatable bonds is 3. The van der Waals surface area contributed by atoms with E-state index in [1.54, 1.807) is 31.3 Å². The minimum Gasteiger partial charge on any atom is -0.493 e. The van der Waals surface area contributed by atoms with E-state index in [1.807, 2.05) is 0 Å². The number of benzene rings is 1. The van der Waals surface area contributed by atoms with Gasteiger partial charge in [-0.15, -0.1) is 0 Å². The molecule has 0 unspecified atom stereocenters. The quantitative estimate of drug-likeness (QED) is 0.711. The number of carbonyl (C=O) groups is 1. The predicted molar refractivity (Wildman–Crippen MR) is 86.0 cm³/mol. The first-order valence-corrected chi connectivity index (χ1v) is 8.69. The molecule has 20 heavy (non-hydrogen) atoms. The lowest BCUT2D eigenvalue weighted by Crippen LogP contribution is -2.42. The van der Waals surface area contributed by atoms with Crippen molar-refractivity contribution in [3.8, 4) is 11.5 Å². The van der Waals surface area contributed by atoms with E-state index in [-0.39, 0.29) is 5.91 Å². The van der Waals surface area contributed by atoms with Crippen LogP contribution in [0.1, 0.15) is 10.4 Å². The second-order valence-electron chi connectivity index (χ2n) is 4.33. The zero-order valence-corrected chi connectivity index (χ0v) is 14.3. The number of halogens is 1. The molecule has 1 heterocycles. The summed E-state index contributed by atoms with van der Waals surface area (Å²) >= 11 is 2.11. The molecule has 1 aromatic rings. The van der Waals surface area contributed by atoms with Crippen LogP contribution in [0.15, 0.2) is 12.1 Å². The molecule has 1 aliphatic rings. The summed E-state index contributed by atoms with van der Waals surface area (Å²) in [7, 11) is 2.32. The lowest BCUT2D eigenvalue weighted by molar-refractivity contribution is 0.0769. The fourth-order valence-electron chi connectivity index (χ4n) is 2.03. The summed E-state index contributed by atoms with van der Waals surface area (Å²) in [6, 6.07) is 3.49. The van der Waals surface area contributed by atoms with Gasteiger partial charge in [0.2, 0.25) is 0 Å². The molecule has 0 saturated carbocycles. The molecule has 1 amide bonds. The van der Waals surface area contributed by atoms with Crippen LogP contribution in [-0.4, -0.2) is 53.8 Å². The number of methoxy groups -OCH3 is 2. The number of hydrogen-bond acceptors (Lipinski definition) is 4. The van der Waals surface area contributed by atoms with Gasteiger partial charge in [0.25, 0.3) is 5.91 Å². The van der Waals surface area contributed by atoms with Crippen molar-refractivity contribution >= 4 is 39.3 Å². The number of nitrogens with zero attached hydrogens (tertiary/aromatic N) is 1. The lowest BCUT2D eigenvalue weighted by Gasteiger charge is -2.27. The van der Waals surface area contributed by atoms with E-state index >= 15 is 0 Å². The van der Waals surface area contributed by atoms with E-state index in [4.69, 9.17) is 9.47 Å². The summed E-state index contributed by atoms with van der Waals surface area (Å²) in [6.07, 6.45) is 0. The van der Waals surface area contributed by atoms with Crippen molar-refractivity contribution < 1.29 is 18.5 Å². The molecule has 110 valence electrons. The van der Waals surface area contributed by atoms with E-state index in [0.29, 0.717) is 41.7 Å². The van der Waals surface area contributed by atoms with Crippen molar-refractivity contribution in [1.29, 1.82) is 0 Å². The Morgan fingerprint density at radius 3 is 2.30 bits per heavy atom. The van der Waals surface area contributed by atoms with Gasteiger partial charge >= 0.3 is 0 Å². The first-order chi connectivity index (χ1) is 9.56. The Morgan fingerprint density at radius 2 is 1.75 bits per heavy atom. The van der Waals surface area contributed by atoms with Crippen molar-refractivity contribution in [3.63, 3.8) is 0 Å². The number of hydrogen-bond donors (Lipinski definition) is 0. The van der Waals surface area contributed by atoms with Crippen molar-refractivity contribution in [2.75, 3.05) is 38.8 Å². The largest absolute Gasteiger partial charge is 0.493 e. The molecule has 0 bridgehead atoms. The van der Waals surface area contributed by atoms with Gasteiger partial charge in [0.15, 0.2) is 11.5 Å². The fraction of sp³-hybridized carbons (Fsp3) is 0.462. The van der Waals surface area contributed by atoms with Gasteiger partial charge in [-0.1, -0.05) is 0 Å². The normalized spacial score (nSPS) is 16.1. The second kappa shape index (κ2) is 6.75. The minimum absolute atomic E-state index is 0.0490. The van der Waals surface area contributed by atoms with Crippen LogP contribution in [-0.2, 0) is 10.8 Å². The highest BCUT2D eigenvalue weighted by Crippen LogP contribution is 2.32. The first-order valence-electron chi connectivity index (χ1n) is 6.12. The summed E-state index contributed by atoms with van der Waals surface area (Å²) in [4.78, 5) is 14.3. The smallest absolute Gasteiger partial charge is 0.255 e. The van der Waals surface area contributed by atoms with Crippen LogP contribution in [0.2, 0.25) is 0 Å². The molecule has 1 fully saturated rings. The third-order valence-corrected chi connectivity index (χ3v) is 5.34. The third kappa shape index (κ3) is 3.25. The second-order valence-corrected chi connectivity index (χ2v) is 7.19. The molecule has 0 N–H and O–H groups in total. The maximum atomic E-state index is 12.5. The van der Waals surface area contributed by atoms with Gasteiger partial charge in [0.1, 0.15) is 0 Å². The van der Waals surface area contributed by atoms with Crippen molar-refractivity contribution in [2.45, 2.75) is 0 Å². The van der Waals surface area contributed by atoms with Crippen LogP contribution in [0.3, 0.4) is 0 Å². The average molecular weight is 409 g/mol. The average Bonchev–Trinajstić information content (AvgIpc) is 2.47. The van der Waals surface area contributed by atoms with Gasteiger partial charge in [-0.05, 0) is 34.7 Å². The van der Waals surface area contributed by atoms with E-state index in [9.17, 15) is 9.00 Å². The van der Waals surface area contributed by atoms with Crippen LogP contribution in [0.4, 0.5) is 0 Å². The Hall–Kier alpha value is -0.830. The third-order valence-electron chi connectivity index (χ3n) is 3.17. The zero-order chi connectivity index (χ0) is 14.7. The van der Waals surface area contributed by atoms with Crippen LogP contribution < -0.4 is 9.47 Å². The SMILES string of the molecule is COc1cc(I)c(C(=O)N2CCS(=O)CC2)cc1OC. The van der Waals surface area contributed by atoms with Gasteiger partial charge < -0.3 is 14.4 Å². The lowest BCUT2D eigenvalue weighted by atomic mass is 10.1. The van der Waals surface area contributed by atoms with E-state index < -0.39 is 10.8 Å². The standard InChI is InChI=1S/C13H16INO4S/c1-18-11-7-9(10(14)8-12(11)19-2)13(16)15-3-5-20(17)6-4-15/h7-8H,3-6H2,1-2H3. The molecule has 5 nitrogen and oxygen atoms in total. The van der Waals surface area contributed by atoms with Crippen LogP contribution >= 0.6 is 22.6 Å². The Bertz CT molecular complexity index is 539.